The number of fused-ring (bicyclic) bond motifs is 1. The summed E-state index contributed by atoms with van der Waals surface area (Å²) in [5.74, 6) is -0.192. The quantitative estimate of drug-likeness (QED) is 0.932. The van der Waals surface area contributed by atoms with E-state index in [-0.39, 0.29) is 17.9 Å². The molecular formula is C20H22N2O3. The Labute approximate surface area is 147 Å². The Kier molecular flexibility index (Phi) is 5.14. The predicted molar refractivity (Wildman–Crippen MR) is 96.4 cm³/mol. The highest BCUT2D eigenvalue weighted by Crippen LogP contribution is 2.21. The summed E-state index contributed by atoms with van der Waals surface area (Å²) in [7, 11) is 1.79. The van der Waals surface area contributed by atoms with Crippen LogP contribution in [0.3, 0.4) is 0 Å². The molecule has 1 atom stereocenters. The van der Waals surface area contributed by atoms with Crippen LogP contribution in [0.15, 0.2) is 48.5 Å². The van der Waals surface area contributed by atoms with Gasteiger partial charge in [0, 0.05) is 38.2 Å². The molecular weight excluding hydrogens is 316 g/mol. The van der Waals surface area contributed by atoms with Crippen LogP contribution < -0.4 is 5.32 Å². The van der Waals surface area contributed by atoms with E-state index in [1.807, 2.05) is 12.1 Å². The first-order valence-electron chi connectivity index (χ1n) is 8.34. The Morgan fingerprint density at radius 3 is 2.48 bits per heavy atom. The number of hydrogen-bond donors (Lipinski definition) is 1. The Morgan fingerprint density at radius 2 is 1.80 bits per heavy atom. The number of nitrogens with one attached hydrogen (secondary N) is 1. The van der Waals surface area contributed by atoms with Crippen molar-refractivity contribution in [1.82, 2.24) is 4.90 Å². The summed E-state index contributed by atoms with van der Waals surface area (Å²) < 4.78 is 5.88. The molecule has 0 saturated heterocycles. The maximum atomic E-state index is 12.6. The third-order valence-corrected chi connectivity index (χ3v) is 4.32. The lowest BCUT2D eigenvalue weighted by molar-refractivity contribution is -0.114. The zero-order chi connectivity index (χ0) is 17.8. The monoisotopic (exact) mass is 338 g/mol. The molecule has 0 radical (unpaired) electrons. The number of likely N-dealkylation sites (N-methyl/N-ethyl adjacent to an activating group) is 1. The summed E-state index contributed by atoms with van der Waals surface area (Å²) in [5, 5.41) is 2.69. The number of ether oxygens (including phenoxy) is 1. The predicted octanol–water partition coefficient (Wildman–Crippen LogP) is 2.86. The van der Waals surface area contributed by atoms with Crippen LogP contribution in [0.2, 0.25) is 0 Å². The molecule has 2 amide bonds. The van der Waals surface area contributed by atoms with Gasteiger partial charge < -0.3 is 15.0 Å². The molecule has 5 heteroatoms. The Hall–Kier alpha value is -2.66. The number of hydrogen-bond acceptors (Lipinski definition) is 3. The van der Waals surface area contributed by atoms with Crippen molar-refractivity contribution in [2.45, 2.75) is 26.1 Å². The molecule has 0 saturated carbocycles. The fourth-order valence-corrected chi connectivity index (χ4v) is 3.03. The number of carbonyl (C=O) groups is 2. The molecule has 0 bridgehead atoms. The van der Waals surface area contributed by atoms with E-state index in [0.717, 1.165) is 6.42 Å². The molecule has 5 nitrogen and oxygen atoms in total. The molecule has 1 aliphatic heterocycles. The maximum absolute atomic E-state index is 12.6. The van der Waals surface area contributed by atoms with Crippen LogP contribution in [-0.2, 0) is 22.6 Å². The van der Waals surface area contributed by atoms with Crippen LogP contribution in [0, 0.1) is 0 Å². The van der Waals surface area contributed by atoms with Crippen molar-refractivity contribution in [3.8, 4) is 0 Å². The van der Waals surface area contributed by atoms with Gasteiger partial charge in [0.2, 0.25) is 5.91 Å². The minimum Gasteiger partial charge on any atom is -0.371 e. The van der Waals surface area contributed by atoms with E-state index in [2.05, 4.69) is 17.4 Å². The minimum absolute atomic E-state index is 0.00232. The lowest BCUT2D eigenvalue weighted by Gasteiger charge is -2.29. The van der Waals surface area contributed by atoms with Crippen molar-refractivity contribution in [2.75, 3.05) is 18.9 Å². The van der Waals surface area contributed by atoms with Crippen LogP contribution >= 0.6 is 0 Å². The van der Waals surface area contributed by atoms with Gasteiger partial charge in [-0.1, -0.05) is 24.3 Å². The van der Waals surface area contributed by atoms with Crippen LogP contribution in [0.1, 0.15) is 28.4 Å². The van der Waals surface area contributed by atoms with Crippen molar-refractivity contribution >= 4 is 17.5 Å². The number of carbonyl (C=O) groups excluding carboxylic acids is 2. The first kappa shape index (κ1) is 17.2. The average molecular weight is 338 g/mol. The Balaban J connectivity index is 1.60. The van der Waals surface area contributed by atoms with Crippen molar-refractivity contribution in [3.63, 3.8) is 0 Å². The molecule has 0 aliphatic carbocycles. The fourth-order valence-electron chi connectivity index (χ4n) is 3.03. The van der Waals surface area contributed by atoms with Crippen LogP contribution in [0.25, 0.3) is 0 Å². The molecule has 3 rings (SSSR count). The summed E-state index contributed by atoms with van der Waals surface area (Å²) in [4.78, 5) is 25.3. The van der Waals surface area contributed by atoms with E-state index in [0.29, 0.717) is 24.4 Å². The summed E-state index contributed by atoms with van der Waals surface area (Å²) in [6.07, 6.45) is 0.817. The van der Waals surface area contributed by atoms with Gasteiger partial charge in [0.05, 0.1) is 12.7 Å². The number of benzene rings is 2. The van der Waals surface area contributed by atoms with Gasteiger partial charge in [0.15, 0.2) is 0 Å². The largest absolute Gasteiger partial charge is 0.371 e. The normalized spacial score (nSPS) is 16.0. The zero-order valence-corrected chi connectivity index (χ0v) is 14.5. The summed E-state index contributed by atoms with van der Waals surface area (Å²) in [6.45, 7) is 2.59. The number of amides is 2. The van der Waals surface area contributed by atoms with Gasteiger partial charge in [-0.25, -0.2) is 0 Å². The van der Waals surface area contributed by atoms with Crippen molar-refractivity contribution in [3.05, 3.63) is 65.2 Å². The topological polar surface area (TPSA) is 58.6 Å². The van der Waals surface area contributed by atoms with Gasteiger partial charge in [-0.15, -0.1) is 0 Å². The molecule has 2 aromatic rings. The van der Waals surface area contributed by atoms with Crippen molar-refractivity contribution in [1.29, 1.82) is 0 Å². The highest BCUT2D eigenvalue weighted by atomic mass is 16.5. The van der Waals surface area contributed by atoms with Crippen molar-refractivity contribution in [2.24, 2.45) is 0 Å². The molecule has 1 heterocycles. The van der Waals surface area contributed by atoms with E-state index in [4.69, 9.17) is 4.74 Å². The van der Waals surface area contributed by atoms with E-state index in [1.165, 1.54) is 18.1 Å². The second kappa shape index (κ2) is 7.49. The molecule has 1 N–H and O–H groups in total. The second-order valence-electron chi connectivity index (χ2n) is 6.35. The molecule has 0 aromatic heterocycles. The van der Waals surface area contributed by atoms with E-state index < -0.39 is 0 Å². The maximum Gasteiger partial charge on any atom is 0.253 e. The van der Waals surface area contributed by atoms with Crippen LogP contribution in [-0.4, -0.2) is 36.4 Å². The highest BCUT2D eigenvalue weighted by Gasteiger charge is 2.22. The summed E-state index contributed by atoms with van der Waals surface area (Å²) in [6, 6.07) is 15.2. The first-order chi connectivity index (χ1) is 12.0. The molecule has 0 spiro atoms. The minimum atomic E-state index is -0.133. The van der Waals surface area contributed by atoms with Gasteiger partial charge in [-0.3, -0.25) is 9.59 Å². The van der Waals surface area contributed by atoms with E-state index in [1.54, 1.807) is 36.2 Å². The third-order valence-electron chi connectivity index (χ3n) is 4.32. The number of anilines is 1. The van der Waals surface area contributed by atoms with Crippen LogP contribution in [0.4, 0.5) is 5.69 Å². The third kappa shape index (κ3) is 4.25. The van der Waals surface area contributed by atoms with Gasteiger partial charge in [0.25, 0.3) is 5.91 Å². The molecule has 130 valence electrons. The fraction of sp³-hybridized carbons (Fsp3) is 0.300. The highest BCUT2D eigenvalue weighted by molar-refractivity contribution is 5.95. The smallest absolute Gasteiger partial charge is 0.253 e. The number of nitrogens with zero attached hydrogens (tertiary/aromatic N) is 1. The van der Waals surface area contributed by atoms with E-state index in [9.17, 15) is 9.59 Å². The molecule has 25 heavy (non-hydrogen) atoms. The molecule has 1 aliphatic rings. The van der Waals surface area contributed by atoms with Crippen molar-refractivity contribution < 1.29 is 14.3 Å². The number of rotatable bonds is 4. The SMILES string of the molecule is CC(=O)Nc1ccc(C(=O)N(C)CC2Cc3ccccc3CO2)cc1. The van der Waals surface area contributed by atoms with Gasteiger partial charge in [-0.05, 0) is 35.4 Å². The second-order valence-corrected chi connectivity index (χ2v) is 6.35. The summed E-state index contributed by atoms with van der Waals surface area (Å²) in [5.41, 5.74) is 3.78. The molecule has 2 aromatic carbocycles. The van der Waals surface area contributed by atoms with Gasteiger partial charge in [0.1, 0.15) is 0 Å². The van der Waals surface area contributed by atoms with E-state index >= 15 is 0 Å². The summed E-state index contributed by atoms with van der Waals surface area (Å²) >= 11 is 0. The van der Waals surface area contributed by atoms with Crippen LogP contribution in [0.5, 0.6) is 0 Å². The lowest BCUT2D eigenvalue weighted by atomic mass is 9.99. The lowest BCUT2D eigenvalue weighted by Crippen LogP contribution is -2.38. The van der Waals surface area contributed by atoms with Gasteiger partial charge >= 0.3 is 0 Å². The standard InChI is InChI=1S/C20H22N2O3/c1-14(23)21-18-9-7-15(8-10-18)20(24)22(2)12-19-11-16-5-3-4-6-17(16)13-25-19/h3-10,19H,11-13H2,1-2H3,(H,21,23). The molecule has 1 unspecified atom stereocenters. The Bertz CT molecular complexity index is 771. The average Bonchev–Trinajstić information content (AvgIpc) is 2.61. The zero-order valence-electron chi connectivity index (χ0n) is 14.5. The Morgan fingerprint density at radius 1 is 1.12 bits per heavy atom. The first-order valence-corrected chi connectivity index (χ1v) is 8.34. The van der Waals surface area contributed by atoms with Gasteiger partial charge in [-0.2, -0.15) is 0 Å². The molecule has 0 fully saturated rings.